The highest BCUT2D eigenvalue weighted by Crippen LogP contribution is 2.27. The van der Waals surface area contributed by atoms with Gasteiger partial charge >= 0.3 is 0 Å². The smallest absolute Gasteiger partial charge is 0.228 e. The van der Waals surface area contributed by atoms with Crippen LogP contribution in [0.3, 0.4) is 0 Å². The van der Waals surface area contributed by atoms with Crippen LogP contribution in [0.5, 0.6) is 5.75 Å². The predicted molar refractivity (Wildman–Crippen MR) is 101 cm³/mol. The van der Waals surface area contributed by atoms with Gasteiger partial charge in [0.15, 0.2) is 9.84 Å². The van der Waals surface area contributed by atoms with E-state index in [2.05, 4.69) is 5.32 Å². The third kappa shape index (κ3) is 3.43. The Morgan fingerprint density at radius 1 is 1.19 bits per heavy atom. The largest absolute Gasteiger partial charge is 0.506 e. The summed E-state index contributed by atoms with van der Waals surface area (Å²) in [5, 5.41) is 13.5. The first kappa shape index (κ1) is 18.0. The van der Waals surface area contributed by atoms with E-state index >= 15 is 0 Å². The average molecular weight is 372 g/mol. The van der Waals surface area contributed by atoms with E-state index in [1.54, 1.807) is 6.92 Å². The summed E-state index contributed by atoms with van der Waals surface area (Å²) in [6, 6.07) is 11.7. The van der Waals surface area contributed by atoms with Crippen LogP contribution in [0, 0.1) is 0 Å². The average Bonchev–Trinajstić information content (AvgIpc) is 2.93. The third-order valence-corrected chi connectivity index (χ3v) is 6.04. The molecule has 0 atom stereocenters. The van der Waals surface area contributed by atoms with Crippen molar-refractivity contribution in [2.45, 2.75) is 18.2 Å². The topological polar surface area (TPSA) is 88.4 Å². The Hall–Kier alpha value is -2.80. The number of aryl methyl sites for hydroxylation is 1. The maximum absolute atomic E-state index is 12.4. The molecule has 26 heavy (non-hydrogen) atoms. The van der Waals surface area contributed by atoms with Crippen molar-refractivity contribution in [2.75, 3.05) is 11.1 Å². The normalized spacial score (nSPS) is 11.6. The van der Waals surface area contributed by atoms with Gasteiger partial charge in [-0.15, -0.1) is 0 Å². The minimum Gasteiger partial charge on any atom is -0.506 e. The van der Waals surface area contributed by atoms with Gasteiger partial charge in [0.05, 0.1) is 22.8 Å². The molecule has 0 bridgehead atoms. The van der Waals surface area contributed by atoms with E-state index in [1.807, 2.05) is 42.1 Å². The number of aromatic nitrogens is 1. The second-order valence-corrected chi connectivity index (χ2v) is 8.37. The summed E-state index contributed by atoms with van der Waals surface area (Å²) >= 11 is 0. The van der Waals surface area contributed by atoms with E-state index in [0.717, 1.165) is 16.5 Å². The van der Waals surface area contributed by atoms with E-state index < -0.39 is 9.84 Å². The number of para-hydroxylation sites is 1. The lowest BCUT2D eigenvalue weighted by Gasteiger charge is -2.09. The zero-order valence-electron chi connectivity index (χ0n) is 14.6. The second-order valence-electron chi connectivity index (χ2n) is 6.09. The van der Waals surface area contributed by atoms with Crippen molar-refractivity contribution in [1.29, 1.82) is 0 Å². The number of hydrogen-bond acceptors (Lipinski definition) is 4. The molecule has 1 heterocycles. The highest BCUT2D eigenvalue weighted by molar-refractivity contribution is 7.91. The minimum atomic E-state index is -3.42. The molecule has 136 valence electrons. The number of nitrogens with one attached hydrogen (secondary N) is 1. The summed E-state index contributed by atoms with van der Waals surface area (Å²) < 4.78 is 25.9. The van der Waals surface area contributed by atoms with Gasteiger partial charge in [0.2, 0.25) is 5.91 Å². The van der Waals surface area contributed by atoms with Crippen LogP contribution < -0.4 is 5.32 Å². The molecule has 2 N–H and O–H groups in total. The van der Waals surface area contributed by atoms with Gasteiger partial charge in [-0.1, -0.05) is 25.1 Å². The van der Waals surface area contributed by atoms with Crippen LogP contribution in [-0.4, -0.2) is 29.8 Å². The highest BCUT2D eigenvalue weighted by atomic mass is 32.2. The molecule has 0 aliphatic carbocycles. The molecule has 1 amide bonds. The molecule has 3 aromatic rings. The lowest BCUT2D eigenvalue weighted by molar-refractivity contribution is -0.115. The van der Waals surface area contributed by atoms with Crippen LogP contribution in [-0.2, 0) is 28.1 Å². The van der Waals surface area contributed by atoms with Gasteiger partial charge in [-0.2, -0.15) is 0 Å². The Balaban J connectivity index is 1.85. The van der Waals surface area contributed by atoms with E-state index in [4.69, 9.17) is 0 Å². The Morgan fingerprint density at radius 2 is 1.92 bits per heavy atom. The summed E-state index contributed by atoms with van der Waals surface area (Å²) in [5.74, 6) is -0.560. The third-order valence-electron chi connectivity index (χ3n) is 4.31. The molecule has 0 radical (unpaired) electrons. The molecule has 6 nitrogen and oxygen atoms in total. The summed E-state index contributed by atoms with van der Waals surface area (Å²) in [4.78, 5) is 12.5. The van der Waals surface area contributed by atoms with Crippen LogP contribution in [0.25, 0.3) is 10.9 Å². The zero-order chi connectivity index (χ0) is 18.9. The number of phenolic OH excluding ortho intramolecular Hbond substituents is 1. The number of aromatic hydroxyl groups is 1. The SMILES string of the molecule is CCS(=O)(=O)c1ccc(O)c(NC(=O)Cc2cn(C)c3ccccc23)c1. The van der Waals surface area contributed by atoms with Crippen molar-refractivity contribution in [3.8, 4) is 5.75 Å². The summed E-state index contributed by atoms with van der Waals surface area (Å²) in [6.07, 6.45) is 2.01. The van der Waals surface area contributed by atoms with E-state index in [-0.39, 0.29) is 34.4 Å². The van der Waals surface area contributed by atoms with Crippen molar-refractivity contribution >= 4 is 32.3 Å². The number of amides is 1. The molecule has 2 aromatic carbocycles. The number of benzene rings is 2. The van der Waals surface area contributed by atoms with Crippen LogP contribution in [0.15, 0.2) is 53.6 Å². The van der Waals surface area contributed by atoms with Gasteiger partial charge in [-0.05, 0) is 29.8 Å². The van der Waals surface area contributed by atoms with Crippen molar-refractivity contribution < 1.29 is 18.3 Å². The summed E-state index contributed by atoms with van der Waals surface area (Å²) in [5.41, 5.74) is 1.97. The number of hydrogen-bond donors (Lipinski definition) is 2. The Morgan fingerprint density at radius 3 is 2.65 bits per heavy atom. The van der Waals surface area contributed by atoms with Crippen molar-refractivity contribution in [2.24, 2.45) is 7.05 Å². The predicted octanol–water partition coefficient (Wildman–Crippen LogP) is 2.86. The van der Waals surface area contributed by atoms with Crippen LogP contribution in [0.1, 0.15) is 12.5 Å². The molecule has 0 aliphatic heterocycles. The quantitative estimate of drug-likeness (QED) is 0.674. The molecule has 0 saturated carbocycles. The number of sulfone groups is 1. The zero-order valence-corrected chi connectivity index (χ0v) is 15.4. The van der Waals surface area contributed by atoms with Gasteiger partial charge < -0.3 is 15.0 Å². The number of rotatable bonds is 5. The number of anilines is 1. The molecule has 0 unspecified atom stereocenters. The second kappa shape index (κ2) is 6.84. The van der Waals surface area contributed by atoms with E-state index in [1.165, 1.54) is 18.2 Å². The van der Waals surface area contributed by atoms with E-state index in [0.29, 0.717) is 0 Å². The Kier molecular flexibility index (Phi) is 4.73. The molecule has 0 saturated heterocycles. The maximum Gasteiger partial charge on any atom is 0.228 e. The molecule has 7 heteroatoms. The van der Waals surface area contributed by atoms with Crippen molar-refractivity contribution in [3.63, 3.8) is 0 Å². The highest BCUT2D eigenvalue weighted by Gasteiger charge is 2.16. The number of carbonyl (C=O) groups is 1. The standard InChI is InChI=1S/C19H20N2O4S/c1-3-26(24,25)14-8-9-18(22)16(11-14)20-19(23)10-13-12-21(2)17-7-5-4-6-15(13)17/h4-9,11-12,22H,3,10H2,1-2H3,(H,20,23). The van der Waals surface area contributed by atoms with Gasteiger partial charge in [0.1, 0.15) is 5.75 Å². The number of phenols is 1. The molecule has 1 aromatic heterocycles. The van der Waals surface area contributed by atoms with Gasteiger partial charge in [0, 0.05) is 24.1 Å². The number of carbonyl (C=O) groups excluding carboxylic acids is 1. The summed E-state index contributed by atoms with van der Waals surface area (Å²) in [7, 11) is -1.51. The summed E-state index contributed by atoms with van der Waals surface area (Å²) in [6.45, 7) is 1.54. The fraction of sp³-hybridized carbons (Fsp3) is 0.211. The first-order chi connectivity index (χ1) is 12.3. The molecule has 3 rings (SSSR count). The first-order valence-corrected chi connectivity index (χ1v) is 9.85. The minimum absolute atomic E-state index is 0.0544. The lowest BCUT2D eigenvalue weighted by Crippen LogP contribution is -2.15. The fourth-order valence-corrected chi connectivity index (χ4v) is 3.82. The molecular weight excluding hydrogens is 352 g/mol. The van der Waals surface area contributed by atoms with Crippen LogP contribution in [0.4, 0.5) is 5.69 Å². The van der Waals surface area contributed by atoms with Crippen LogP contribution in [0.2, 0.25) is 0 Å². The van der Waals surface area contributed by atoms with Crippen molar-refractivity contribution in [1.82, 2.24) is 4.57 Å². The van der Waals surface area contributed by atoms with Gasteiger partial charge in [-0.3, -0.25) is 4.79 Å². The molecule has 0 spiro atoms. The first-order valence-electron chi connectivity index (χ1n) is 8.20. The number of fused-ring (bicyclic) bond motifs is 1. The lowest BCUT2D eigenvalue weighted by atomic mass is 10.1. The maximum atomic E-state index is 12.4. The Bertz CT molecular complexity index is 1080. The number of nitrogens with zero attached hydrogens (tertiary/aromatic N) is 1. The van der Waals surface area contributed by atoms with Gasteiger partial charge in [-0.25, -0.2) is 8.42 Å². The van der Waals surface area contributed by atoms with E-state index in [9.17, 15) is 18.3 Å². The molecular formula is C19H20N2O4S. The van der Waals surface area contributed by atoms with Crippen LogP contribution >= 0.6 is 0 Å². The fourth-order valence-electron chi connectivity index (χ4n) is 2.91. The molecule has 0 fully saturated rings. The molecule has 0 aliphatic rings. The Labute approximate surface area is 152 Å². The van der Waals surface area contributed by atoms with Gasteiger partial charge in [0.25, 0.3) is 0 Å². The monoisotopic (exact) mass is 372 g/mol. The van der Waals surface area contributed by atoms with Crippen molar-refractivity contribution in [3.05, 3.63) is 54.2 Å².